The summed E-state index contributed by atoms with van der Waals surface area (Å²) in [5, 5.41) is 3.59. The van der Waals surface area contributed by atoms with E-state index < -0.39 is 0 Å². The van der Waals surface area contributed by atoms with Gasteiger partial charge in [-0.25, -0.2) is 4.79 Å². The molecule has 2 heterocycles. The number of piperidine rings is 1. The summed E-state index contributed by atoms with van der Waals surface area (Å²) in [5.41, 5.74) is 0.713. The number of carbonyl (C=O) groups is 3. The van der Waals surface area contributed by atoms with Crippen molar-refractivity contribution in [3.8, 4) is 0 Å². The predicted molar refractivity (Wildman–Crippen MR) is 102 cm³/mol. The van der Waals surface area contributed by atoms with Crippen LogP contribution in [0.3, 0.4) is 0 Å². The third kappa shape index (κ3) is 4.71. The number of ether oxygens (including phenoxy) is 1. The standard InChI is InChI=1S/C19H24ClN3O4/c1-2-27-19(26)22-8-6-15(7-9-22)21-18(25)13-10-17(24)23(12-13)16-5-3-4-14(20)11-16/h3-5,11,13,15H,2,6-10,12H2,1H3,(H,21,25). The van der Waals surface area contributed by atoms with Crippen LogP contribution in [0.5, 0.6) is 0 Å². The van der Waals surface area contributed by atoms with Gasteiger partial charge in [0.05, 0.1) is 12.5 Å². The monoisotopic (exact) mass is 393 g/mol. The molecular formula is C19H24ClN3O4. The predicted octanol–water partition coefficient (Wildman–Crippen LogP) is 2.43. The third-order valence-electron chi connectivity index (χ3n) is 4.98. The highest BCUT2D eigenvalue weighted by molar-refractivity contribution is 6.31. The first-order valence-electron chi connectivity index (χ1n) is 9.26. The lowest BCUT2D eigenvalue weighted by molar-refractivity contribution is -0.127. The van der Waals surface area contributed by atoms with Crippen LogP contribution >= 0.6 is 11.6 Å². The Bertz CT molecular complexity index is 719. The van der Waals surface area contributed by atoms with Gasteiger partial charge in [-0.3, -0.25) is 9.59 Å². The molecule has 0 aliphatic carbocycles. The maximum atomic E-state index is 12.6. The van der Waals surface area contributed by atoms with Gasteiger partial charge < -0.3 is 19.9 Å². The molecule has 0 saturated carbocycles. The van der Waals surface area contributed by atoms with Gasteiger partial charge in [-0.1, -0.05) is 17.7 Å². The highest BCUT2D eigenvalue weighted by Gasteiger charge is 2.36. The van der Waals surface area contributed by atoms with Crippen molar-refractivity contribution in [3.63, 3.8) is 0 Å². The summed E-state index contributed by atoms with van der Waals surface area (Å²) in [4.78, 5) is 39.9. The zero-order valence-corrected chi connectivity index (χ0v) is 16.1. The molecule has 3 rings (SSSR count). The van der Waals surface area contributed by atoms with E-state index in [1.165, 1.54) is 0 Å². The minimum atomic E-state index is -0.375. The fourth-order valence-corrected chi connectivity index (χ4v) is 3.70. The van der Waals surface area contributed by atoms with Crippen LogP contribution < -0.4 is 10.2 Å². The number of nitrogens with zero attached hydrogens (tertiary/aromatic N) is 2. The highest BCUT2D eigenvalue weighted by atomic mass is 35.5. The van der Waals surface area contributed by atoms with E-state index in [4.69, 9.17) is 16.3 Å². The molecule has 0 aromatic heterocycles. The molecule has 1 atom stereocenters. The fourth-order valence-electron chi connectivity index (χ4n) is 3.52. The summed E-state index contributed by atoms with van der Waals surface area (Å²) in [6.07, 6.45) is 1.26. The van der Waals surface area contributed by atoms with Crippen molar-refractivity contribution in [1.29, 1.82) is 0 Å². The van der Waals surface area contributed by atoms with Crippen molar-refractivity contribution in [1.82, 2.24) is 10.2 Å². The van der Waals surface area contributed by atoms with E-state index in [0.29, 0.717) is 49.8 Å². The molecule has 0 radical (unpaired) electrons. The molecule has 1 unspecified atom stereocenters. The summed E-state index contributed by atoms with van der Waals surface area (Å²) in [7, 11) is 0. The quantitative estimate of drug-likeness (QED) is 0.852. The van der Waals surface area contributed by atoms with Crippen molar-refractivity contribution in [2.75, 3.05) is 31.1 Å². The van der Waals surface area contributed by atoms with Crippen LogP contribution in [0.25, 0.3) is 0 Å². The SMILES string of the molecule is CCOC(=O)N1CCC(NC(=O)C2CC(=O)N(c3cccc(Cl)c3)C2)CC1. The lowest BCUT2D eigenvalue weighted by Crippen LogP contribution is -2.48. The van der Waals surface area contributed by atoms with Crippen LogP contribution in [-0.4, -0.2) is 55.1 Å². The normalized spacial score (nSPS) is 20.7. The summed E-state index contributed by atoms with van der Waals surface area (Å²) >= 11 is 6.00. The van der Waals surface area contributed by atoms with E-state index in [1.807, 2.05) is 6.07 Å². The minimum Gasteiger partial charge on any atom is -0.450 e. The van der Waals surface area contributed by atoms with Crippen molar-refractivity contribution < 1.29 is 19.1 Å². The van der Waals surface area contributed by atoms with Gasteiger partial charge >= 0.3 is 6.09 Å². The molecule has 7 nitrogen and oxygen atoms in total. The van der Waals surface area contributed by atoms with Crippen LogP contribution in [0.1, 0.15) is 26.2 Å². The Kier molecular flexibility index (Phi) is 6.21. The van der Waals surface area contributed by atoms with E-state index in [1.54, 1.807) is 34.9 Å². The van der Waals surface area contributed by atoms with Crippen molar-refractivity contribution in [2.45, 2.75) is 32.2 Å². The number of rotatable bonds is 4. The van der Waals surface area contributed by atoms with Crippen LogP contribution in [0, 0.1) is 5.92 Å². The first kappa shape index (κ1) is 19.5. The second-order valence-electron chi connectivity index (χ2n) is 6.85. The number of hydrogen-bond donors (Lipinski definition) is 1. The molecule has 146 valence electrons. The summed E-state index contributed by atoms with van der Waals surface area (Å²) in [6.45, 7) is 3.60. The molecule has 2 saturated heterocycles. The molecule has 0 spiro atoms. The molecule has 1 N–H and O–H groups in total. The number of benzene rings is 1. The van der Waals surface area contributed by atoms with Gasteiger partial charge in [0, 0.05) is 42.8 Å². The average Bonchev–Trinajstić information content (AvgIpc) is 3.04. The van der Waals surface area contributed by atoms with Gasteiger partial charge in [0.1, 0.15) is 0 Å². The number of anilines is 1. The maximum absolute atomic E-state index is 12.6. The van der Waals surface area contributed by atoms with Crippen LogP contribution in [0.2, 0.25) is 5.02 Å². The summed E-state index contributed by atoms with van der Waals surface area (Å²) in [6, 6.07) is 7.09. The second kappa shape index (κ2) is 8.61. The van der Waals surface area contributed by atoms with E-state index >= 15 is 0 Å². The van der Waals surface area contributed by atoms with Gasteiger partial charge in [-0.05, 0) is 38.0 Å². The van der Waals surface area contributed by atoms with Gasteiger partial charge in [0.15, 0.2) is 0 Å². The molecule has 3 amide bonds. The van der Waals surface area contributed by atoms with E-state index in [0.717, 1.165) is 0 Å². The highest BCUT2D eigenvalue weighted by Crippen LogP contribution is 2.27. The smallest absolute Gasteiger partial charge is 0.409 e. The first-order chi connectivity index (χ1) is 13.0. The first-order valence-corrected chi connectivity index (χ1v) is 9.63. The Hall–Kier alpha value is -2.28. The molecule has 2 aliphatic heterocycles. The molecule has 1 aromatic rings. The number of hydrogen-bond acceptors (Lipinski definition) is 4. The molecule has 2 aliphatic rings. The van der Waals surface area contributed by atoms with E-state index in [9.17, 15) is 14.4 Å². The Morgan fingerprint density at radius 3 is 2.70 bits per heavy atom. The third-order valence-corrected chi connectivity index (χ3v) is 5.22. The molecular weight excluding hydrogens is 370 g/mol. The molecule has 8 heteroatoms. The molecule has 1 aromatic carbocycles. The number of nitrogens with one attached hydrogen (secondary N) is 1. The Morgan fingerprint density at radius 1 is 1.30 bits per heavy atom. The van der Waals surface area contributed by atoms with Crippen LogP contribution in [0.4, 0.5) is 10.5 Å². The number of likely N-dealkylation sites (tertiary alicyclic amines) is 1. The lowest BCUT2D eigenvalue weighted by Gasteiger charge is -2.32. The van der Waals surface area contributed by atoms with E-state index in [2.05, 4.69) is 5.32 Å². The second-order valence-corrected chi connectivity index (χ2v) is 7.29. The topological polar surface area (TPSA) is 79.0 Å². The lowest BCUT2D eigenvalue weighted by atomic mass is 10.0. The van der Waals surface area contributed by atoms with Crippen molar-refractivity contribution >= 4 is 35.2 Å². The molecule has 27 heavy (non-hydrogen) atoms. The summed E-state index contributed by atoms with van der Waals surface area (Å²) in [5.74, 6) is -0.559. The maximum Gasteiger partial charge on any atom is 0.409 e. The largest absolute Gasteiger partial charge is 0.450 e. The fraction of sp³-hybridized carbons (Fsp3) is 0.526. The Morgan fingerprint density at radius 2 is 2.04 bits per heavy atom. The zero-order chi connectivity index (χ0) is 19.4. The Balaban J connectivity index is 1.51. The van der Waals surface area contributed by atoms with Gasteiger partial charge in [-0.2, -0.15) is 0 Å². The average molecular weight is 394 g/mol. The Labute approximate surface area is 163 Å². The number of carbonyl (C=O) groups excluding carboxylic acids is 3. The van der Waals surface area contributed by atoms with Gasteiger partial charge in [0.2, 0.25) is 11.8 Å². The molecule has 0 bridgehead atoms. The minimum absolute atomic E-state index is 0.0125. The molecule has 2 fully saturated rings. The van der Waals surface area contributed by atoms with Crippen molar-refractivity contribution in [3.05, 3.63) is 29.3 Å². The van der Waals surface area contributed by atoms with Crippen LogP contribution in [-0.2, 0) is 14.3 Å². The van der Waals surface area contributed by atoms with Crippen LogP contribution in [0.15, 0.2) is 24.3 Å². The van der Waals surface area contributed by atoms with E-state index in [-0.39, 0.29) is 36.3 Å². The van der Waals surface area contributed by atoms with Gasteiger partial charge in [0.25, 0.3) is 0 Å². The number of halogens is 1. The summed E-state index contributed by atoms with van der Waals surface area (Å²) < 4.78 is 5.00. The van der Waals surface area contributed by atoms with Gasteiger partial charge in [-0.15, -0.1) is 0 Å². The van der Waals surface area contributed by atoms with Crippen molar-refractivity contribution in [2.24, 2.45) is 5.92 Å². The number of amides is 3. The zero-order valence-electron chi connectivity index (χ0n) is 15.3.